The monoisotopic (exact) mass is 327 g/mol. The number of hydrogen-bond acceptors (Lipinski definition) is 7. The first-order chi connectivity index (χ1) is 11.6. The van der Waals surface area contributed by atoms with E-state index in [9.17, 15) is 14.9 Å². The molecule has 0 aliphatic carbocycles. The summed E-state index contributed by atoms with van der Waals surface area (Å²) in [5.74, 6) is 0.379. The SMILES string of the molecule is CC(=O)c1cccc(Nc2ncnc(N3CCCC3)c2[N+](=O)[O-])c1. The molecule has 1 aliphatic heterocycles. The van der Waals surface area contributed by atoms with Crippen LogP contribution in [0.15, 0.2) is 30.6 Å². The van der Waals surface area contributed by atoms with Gasteiger partial charge >= 0.3 is 5.69 Å². The van der Waals surface area contributed by atoms with Crippen molar-refractivity contribution in [2.45, 2.75) is 19.8 Å². The predicted octanol–water partition coefficient (Wildman–Crippen LogP) is 2.93. The average molecular weight is 327 g/mol. The summed E-state index contributed by atoms with van der Waals surface area (Å²) in [6.45, 7) is 2.96. The zero-order chi connectivity index (χ0) is 17.1. The zero-order valence-electron chi connectivity index (χ0n) is 13.2. The lowest BCUT2D eigenvalue weighted by atomic mass is 10.1. The number of nitro groups is 1. The Bertz CT molecular complexity index is 787. The number of hydrogen-bond donors (Lipinski definition) is 1. The third-order valence-electron chi connectivity index (χ3n) is 3.92. The second-order valence-corrected chi connectivity index (χ2v) is 5.61. The summed E-state index contributed by atoms with van der Waals surface area (Å²) in [5, 5.41) is 14.5. The largest absolute Gasteiger partial charge is 0.353 e. The first kappa shape index (κ1) is 15.9. The van der Waals surface area contributed by atoms with Crippen molar-refractivity contribution in [3.63, 3.8) is 0 Å². The lowest BCUT2D eigenvalue weighted by molar-refractivity contribution is -0.383. The molecule has 124 valence electrons. The van der Waals surface area contributed by atoms with Gasteiger partial charge < -0.3 is 10.2 Å². The molecule has 0 saturated carbocycles. The van der Waals surface area contributed by atoms with Crippen LogP contribution < -0.4 is 10.2 Å². The quantitative estimate of drug-likeness (QED) is 0.512. The highest BCUT2D eigenvalue weighted by atomic mass is 16.6. The first-order valence-electron chi connectivity index (χ1n) is 7.68. The van der Waals surface area contributed by atoms with Crippen LogP contribution >= 0.6 is 0 Å². The van der Waals surface area contributed by atoms with Gasteiger partial charge in [-0.15, -0.1) is 0 Å². The highest BCUT2D eigenvalue weighted by molar-refractivity contribution is 5.95. The Balaban J connectivity index is 1.98. The topological polar surface area (TPSA) is 101 Å². The maximum Gasteiger partial charge on any atom is 0.353 e. The molecule has 1 saturated heterocycles. The number of aromatic nitrogens is 2. The van der Waals surface area contributed by atoms with Crippen molar-refractivity contribution in [1.82, 2.24) is 9.97 Å². The number of ketones is 1. The molecule has 1 N–H and O–H groups in total. The molecule has 1 fully saturated rings. The molecule has 0 bridgehead atoms. The molecule has 0 spiro atoms. The maximum absolute atomic E-state index is 11.6. The molecule has 1 aromatic heterocycles. The van der Waals surface area contributed by atoms with E-state index in [1.165, 1.54) is 13.3 Å². The van der Waals surface area contributed by atoms with Crippen LogP contribution in [0.4, 0.5) is 23.0 Å². The number of carbonyl (C=O) groups excluding carboxylic acids is 1. The van der Waals surface area contributed by atoms with Crippen molar-refractivity contribution in [1.29, 1.82) is 0 Å². The highest BCUT2D eigenvalue weighted by Gasteiger charge is 2.28. The van der Waals surface area contributed by atoms with E-state index in [0.29, 0.717) is 17.1 Å². The minimum Gasteiger partial charge on any atom is -0.351 e. The van der Waals surface area contributed by atoms with E-state index in [4.69, 9.17) is 0 Å². The van der Waals surface area contributed by atoms with Crippen LogP contribution in [0.3, 0.4) is 0 Å². The number of benzene rings is 1. The first-order valence-corrected chi connectivity index (χ1v) is 7.68. The third kappa shape index (κ3) is 3.17. The molecule has 0 atom stereocenters. The number of Topliss-reactive ketones (excluding diaryl/α,β-unsaturated/α-hetero) is 1. The number of rotatable bonds is 5. The fraction of sp³-hybridized carbons (Fsp3) is 0.312. The van der Waals surface area contributed by atoms with Crippen molar-refractivity contribution < 1.29 is 9.72 Å². The standard InChI is InChI=1S/C16H17N5O3/c1-11(22)12-5-4-6-13(9-12)19-15-14(21(23)24)16(18-10-17-15)20-7-2-3-8-20/h4-6,9-10H,2-3,7-8H2,1H3,(H,17,18,19). The van der Waals surface area contributed by atoms with Crippen LogP contribution in [0.1, 0.15) is 30.1 Å². The molecule has 8 heteroatoms. The highest BCUT2D eigenvalue weighted by Crippen LogP contribution is 2.35. The molecular formula is C16H17N5O3. The van der Waals surface area contributed by atoms with Gasteiger partial charge in [0.25, 0.3) is 0 Å². The Morgan fingerprint density at radius 2 is 2.04 bits per heavy atom. The van der Waals surface area contributed by atoms with Crippen molar-refractivity contribution in [3.05, 3.63) is 46.3 Å². The number of nitrogens with one attached hydrogen (secondary N) is 1. The smallest absolute Gasteiger partial charge is 0.351 e. The fourth-order valence-corrected chi connectivity index (χ4v) is 2.74. The second-order valence-electron chi connectivity index (χ2n) is 5.61. The van der Waals surface area contributed by atoms with Crippen molar-refractivity contribution in [3.8, 4) is 0 Å². The van der Waals surface area contributed by atoms with Gasteiger partial charge in [-0.1, -0.05) is 12.1 Å². The summed E-state index contributed by atoms with van der Waals surface area (Å²) in [4.78, 5) is 32.6. The normalized spacial score (nSPS) is 13.8. The zero-order valence-corrected chi connectivity index (χ0v) is 13.2. The van der Waals surface area contributed by atoms with Crippen LogP contribution in [-0.2, 0) is 0 Å². The van der Waals surface area contributed by atoms with Gasteiger partial charge in [0, 0.05) is 24.3 Å². The molecule has 1 aromatic carbocycles. The van der Waals surface area contributed by atoms with Crippen LogP contribution in [0.5, 0.6) is 0 Å². The van der Waals surface area contributed by atoms with E-state index in [2.05, 4.69) is 15.3 Å². The average Bonchev–Trinajstić information content (AvgIpc) is 3.09. The summed E-state index contributed by atoms with van der Waals surface area (Å²) in [6, 6.07) is 6.78. The number of nitrogens with zero attached hydrogens (tertiary/aromatic N) is 4. The van der Waals surface area contributed by atoms with Crippen LogP contribution in [0.25, 0.3) is 0 Å². The molecule has 24 heavy (non-hydrogen) atoms. The van der Waals surface area contributed by atoms with Crippen LogP contribution in [0.2, 0.25) is 0 Å². The van der Waals surface area contributed by atoms with Crippen molar-refractivity contribution in [2.24, 2.45) is 0 Å². The Kier molecular flexibility index (Phi) is 4.37. The lowest BCUT2D eigenvalue weighted by Crippen LogP contribution is -2.21. The Morgan fingerprint density at radius 1 is 1.29 bits per heavy atom. The van der Waals surface area contributed by atoms with Gasteiger partial charge in [0.2, 0.25) is 11.6 Å². The number of carbonyl (C=O) groups is 1. The van der Waals surface area contributed by atoms with Crippen molar-refractivity contribution in [2.75, 3.05) is 23.3 Å². The molecule has 0 unspecified atom stereocenters. The Labute approximate surface area is 138 Å². The predicted molar refractivity (Wildman–Crippen MR) is 89.9 cm³/mol. The van der Waals surface area contributed by atoms with Gasteiger partial charge in [-0.25, -0.2) is 9.97 Å². The van der Waals surface area contributed by atoms with Gasteiger partial charge in [-0.3, -0.25) is 14.9 Å². The van der Waals surface area contributed by atoms with E-state index in [1.54, 1.807) is 24.3 Å². The molecular weight excluding hydrogens is 310 g/mol. The minimum atomic E-state index is -0.467. The molecule has 1 aliphatic rings. The van der Waals surface area contributed by atoms with E-state index < -0.39 is 4.92 Å². The molecule has 8 nitrogen and oxygen atoms in total. The Hall–Kier alpha value is -3.03. The summed E-state index contributed by atoms with van der Waals surface area (Å²) < 4.78 is 0. The minimum absolute atomic E-state index is 0.0754. The lowest BCUT2D eigenvalue weighted by Gasteiger charge is -2.17. The van der Waals surface area contributed by atoms with E-state index in [0.717, 1.165) is 25.9 Å². The van der Waals surface area contributed by atoms with Gasteiger partial charge in [-0.2, -0.15) is 0 Å². The molecule has 3 rings (SSSR count). The van der Waals surface area contributed by atoms with Crippen molar-refractivity contribution >= 4 is 28.8 Å². The summed E-state index contributed by atoms with van der Waals surface area (Å²) in [6.07, 6.45) is 3.30. The van der Waals surface area contributed by atoms with E-state index >= 15 is 0 Å². The van der Waals surface area contributed by atoms with Gasteiger partial charge in [-0.05, 0) is 31.9 Å². The molecule has 2 heterocycles. The Morgan fingerprint density at radius 3 is 2.71 bits per heavy atom. The summed E-state index contributed by atoms with van der Waals surface area (Å²) >= 11 is 0. The van der Waals surface area contributed by atoms with E-state index in [1.807, 2.05) is 4.90 Å². The summed E-state index contributed by atoms with van der Waals surface area (Å²) in [5.41, 5.74) is 0.945. The molecule has 0 amide bonds. The van der Waals surface area contributed by atoms with Crippen LogP contribution in [-0.4, -0.2) is 33.8 Å². The molecule has 2 aromatic rings. The number of anilines is 3. The maximum atomic E-state index is 11.6. The van der Waals surface area contributed by atoms with Gasteiger partial charge in [0.15, 0.2) is 5.78 Å². The second kappa shape index (κ2) is 6.61. The fourth-order valence-electron chi connectivity index (χ4n) is 2.74. The van der Waals surface area contributed by atoms with Gasteiger partial charge in [0.05, 0.1) is 4.92 Å². The van der Waals surface area contributed by atoms with Crippen LogP contribution in [0, 0.1) is 10.1 Å². The van der Waals surface area contributed by atoms with E-state index in [-0.39, 0.29) is 17.3 Å². The summed E-state index contributed by atoms with van der Waals surface area (Å²) in [7, 11) is 0. The van der Waals surface area contributed by atoms with Gasteiger partial charge in [0.1, 0.15) is 6.33 Å². The molecule has 0 radical (unpaired) electrons. The third-order valence-corrected chi connectivity index (χ3v) is 3.92.